The van der Waals surface area contributed by atoms with Gasteiger partial charge >= 0.3 is 6.18 Å². The molecule has 0 saturated heterocycles. The molecule has 0 atom stereocenters. The van der Waals surface area contributed by atoms with E-state index in [4.69, 9.17) is 18.9 Å². The summed E-state index contributed by atoms with van der Waals surface area (Å²) < 4.78 is 102. The van der Waals surface area contributed by atoms with Crippen LogP contribution in [0.5, 0.6) is 23.0 Å². The Morgan fingerprint density at radius 2 is 1.27 bits per heavy atom. The Bertz CT molecular complexity index is 1380. The zero-order chi connectivity index (χ0) is 27.4. The summed E-state index contributed by atoms with van der Waals surface area (Å²) in [5, 5.41) is 0. The fraction of sp³-hybridized carbons (Fsp3) is 0.200. The van der Waals surface area contributed by atoms with Crippen LogP contribution in [0.1, 0.15) is 16.7 Å². The Labute approximate surface area is 211 Å². The summed E-state index contributed by atoms with van der Waals surface area (Å²) >= 11 is 0. The number of rotatable bonds is 9. The van der Waals surface area contributed by atoms with Gasteiger partial charge in [0, 0.05) is 0 Å². The van der Waals surface area contributed by atoms with Crippen molar-refractivity contribution in [1.29, 1.82) is 0 Å². The molecule has 0 amide bonds. The number of anilines is 1. The third kappa shape index (κ3) is 6.26. The molecule has 0 aliphatic rings. The number of alkyl halides is 3. The van der Waals surface area contributed by atoms with Crippen molar-refractivity contribution in [2.45, 2.75) is 11.1 Å². The van der Waals surface area contributed by atoms with Gasteiger partial charge in [0.2, 0.25) is 5.75 Å². The molecular formula is C25H23F4NO6S. The van der Waals surface area contributed by atoms with Crippen LogP contribution in [0.15, 0.2) is 53.4 Å². The van der Waals surface area contributed by atoms with Gasteiger partial charge in [-0.05, 0) is 59.7 Å². The van der Waals surface area contributed by atoms with E-state index in [1.54, 1.807) is 18.2 Å². The summed E-state index contributed by atoms with van der Waals surface area (Å²) in [4.78, 5) is -0.443. The number of nitrogens with one attached hydrogen (secondary N) is 1. The molecule has 0 spiro atoms. The minimum absolute atomic E-state index is 0.244. The molecule has 0 aromatic heterocycles. The highest BCUT2D eigenvalue weighted by atomic mass is 32.2. The molecule has 0 unspecified atom stereocenters. The Kier molecular flexibility index (Phi) is 8.22. The van der Waals surface area contributed by atoms with E-state index in [1.165, 1.54) is 33.5 Å². The minimum Gasteiger partial charge on any atom is -0.493 e. The largest absolute Gasteiger partial charge is 0.493 e. The molecule has 0 saturated carbocycles. The lowest BCUT2D eigenvalue weighted by Crippen LogP contribution is -2.15. The maximum absolute atomic E-state index is 14.8. The first-order chi connectivity index (χ1) is 17.4. The van der Waals surface area contributed by atoms with Gasteiger partial charge < -0.3 is 18.9 Å². The molecule has 37 heavy (non-hydrogen) atoms. The summed E-state index contributed by atoms with van der Waals surface area (Å²) in [6.07, 6.45) is -1.50. The van der Waals surface area contributed by atoms with Gasteiger partial charge in [-0.3, -0.25) is 4.72 Å². The second kappa shape index (κ2) is 11.0. The van der Waals surface area contributed by atoms with E-state index in [1.807, 2.05) is 0 Å². The van der Waals surface area contributed by atoms with Crippen LogP contribution in [-0.4, -0.2) is 36.9 Å². The van der Waals surface area contributed by atoms with Crippen molar-refractivity contribution in [3.05, 3.63) is 71.0 Å². The van der Waals surface area contributed by atoms with Crippen molar-refractivity contribution in [2.75, 3.05) is 33.2 Å². The van der Waals surface area contributed by atoms with Gasteiger partial charge in [0.15, 0.2) is 23.1 Å². The first-order valence-electron chi connectivity index (χ1n) is 10.5. The lowest BCUT2D eigenvalue weighted by atomic mass is 10.1. The third-order valence-corrected chi connectivity index (χ3v) is 6.54. The van der Waals surface area contributed by atoms with Gasteiger partial charge in [-0.15, -0.1) is 0 Å². The first kappa shape index (κ1) is 27.7. The molecule has 3 aromatic rings. The normalized spacial score (nSPS) is 11.9. The van der Waals surface area contributed by atoms with E-state index in [0.717, 1.165) is 25.3 Å². The SMILES string of the molecule is COc1cc(/C=C\c2cc(F)c(OC)c(NS(=O)(=O)c3ccc(C(F)(F)F)cc3)c2)cc(OC)c1OC. The summed E-state index contributed by atoms with van der Waals surface area (Å²) in [5.74, 6) is -0.0718. The second-order valence-electron chi connectivity index (χ2n) is 7.50. The fourth-order valence-electron chi connectivity index (χ4n) is 3.41. The van der Waals surface area contributed by atoms with Gasteiger partial charge in [-0.25, -0.2) is 12.8 Å². The number of hydrogen-bond donors (Lipinski definition) is 1. The number of halogens is 4. The lowest BCUT2D eigenvalue weighted by molar-refractivity contribution is -0.137. The van der Waals surface area contributed by atoms with Crippen LogP contribution in [-0.2, 0) is 16.2 Å². The average Bonchev–Trinajstić information content (AvgIpc) is 2.86. The highest BCUT2D eigenvalue weighted by Crippen LogP contribution is 2.39. The third-order valence-electron chi connectivity index (χ3n) is 5.16. The van der Waals surface area contributed by atoms with Gasteiger partial charge in [-0.1, -0.05) is 12.2 Å². The van der Waals surface area contributed by atoms with Crippen molar-refractivity contribution in [1.82, 2.24) is 0 Å². The minimum atomic E-state index is -4.62. The first-order valence-corrected chi connectivity index (χ1v) is 12.0. The Balaban J connectivity index is 1.97. The Morgan fingerprint density at radius 1 is 0.757 bits per heavy atom. The van der Waals surface area contributed by atoms with Crippen molar-refractivity contribution in [3.63, 3.8) is 0 Å². The van der Waals surface area contributed by atoms with Crippen LogP contribution in [0.3, 0.4) is 0 Å². The molecule has 0 aliphatic carbocycles. The van der Waals surface area contributed by atoms with E-state index < -0.39 is 32.5 Å². The highest BCUT2D eigenvalue weighted by Gasteiger charge is 2.31. The van der Waals surface area contributed by atoms with Gasteiger partial charge in [0.1, 0.15) is 0 Å². The number of benzene rings is 3. The van der Waals surface area contributed by atoms with Crippen LogP contribution in [0.25, 0.3) is 12.2 Å². The lowest BCUT2D eigenvalue weighted by Gasteiger charge is -2.14. The topological polar surface area (TPSA) is 83.1 Å². The second-order valence-corrected chi connectivity index (χ2v) is 9.19. The van der Waals surface area contributed by atoms with Crippen molar-refractivity contribution in [2.24, 2.45) is 0 Å². The van der Waals surface area contributed by atoms with Crippen molar-refractivity contribution >= 4 is 27.9 Å². The summed E-state index contributed by atoms with van der Waals surface area (Å²) in [5.41, 5.74) is -0.379. The van der Waals surface area contributed by atoms with Gasteiger partial charge in [0.25, 0.3) is 10.0 Å². The van der Waals surface area contributed by atoms with Gasteiger partial charge in [-0.2, -0.15) is 13.2 Å². The smallest absolute Gasteiger partial charge is 0.416 e. The number of sulfonamides is 1. The number of ether oxygens (including phenoxy) is 4. The molecule has 7 nitrogen and oxygen atoms in total. The molecule has 0 aliphatic heterocycles. The van der Waals surface area contributed by atoms with Gasteiger partial charge in [0.05, 0.1) is 44.6 Å². The van der Waals surface area contributed by atoms with E-state index in [2.05, 4.69) is 4.72 Å². The van der Waals surface area contributed by atoms with E-state index in [0.29, 0.717) is 34.9 Å². The monoisotopic (exact) mass is 541 g/mol. The Hall–Kier alpha value is -3.93. The number of methoxy groups -OCH3 is 4. The average molecular weight is 542 g/mol. The maximum Gasteiger partial charge on any atom is 0.416 e. The quantitative estimate of drug-likeness (QED) is 0.270. The number of hydrogen-bond acceptors (Lipinski definition) is 6. The van der Waals surface area contributed by atoms with Crippen molar-refractivity contribution < 1.29 is 44.9 Å². The molecule has 0 heterocycles. The molecule has 3 aromatic carbocycles. The summed E-state index contributed by atoms with van der Waals surface area (Å²) in [6, 6.07) is 8.66. The molecule has 0 radical (unpaired) electrons. The standard InChI is InChI=1S/C25H23F4NO6S/c1-33-21-13-16(14-22(34-2)24(21)36-4)6-5-15-11-19(26)23(35-3)20(12-15)30-37(31,32)18-9-7-17(8-10-18)25(27,28)29/h5-14,30H,1-4H3/b6-5-. The summed E-state index contributed by atoms with van der Waals surface area (Å²) in [7, 11) is 1.16. The Morgan fingerprint density at radius 3 is 1.73 bits per heavy atom. The molecule has 3 rings (SSSR count). The molecule has 198 valence electrons. The maximum atomic E-state index is 14.8. The van der Waals surface area contributed by atoms with Crippen LogP contribution >= 0.6 is 0 Å². The highest BCUT2D eigenvalue weighted by molar-refractivity contribution is 7.92. The van der Waals surface area contributed by atoms with Crippen LogP contribution in [0.2, 0.25) is 0 Å². The predicted octanol–water partition coefficient (Wildman–Crippen LogP) is 5.85. The zero-order valence-electron chi connectivity index (χ0n) is 20.1. The van der Waals surface area contributed by atoms with Crippen LogP contribution in [0, 0.1) is 5.82 Å². The molecule has 1 N–H and O–H groups in total. The van der Waals surface area contributed by atoms with E-state index >= 15 is 0 Å². The summed E-state index contributed by atoms with van der Waals surface area (Å²) in [6.45, 7) is 0. The van der Waals surface area contributed by atoms with E-state index in [-0.39, 0.29) is 17.0 Å². The van der Waals surface area contributed by atoms with E-state index in [9.17, 15) is 26.0 Å². The zero-order valence-corrected chi connectivity index (χ0v) is 21.0. The van der Waals surface area contributed by atoms with Crippen LogP contribution in [0.4, 0.5) is 23.2 Å². The van der Waals surface area contributed by atoms with Crippen LogP contribution < -0.4 is 23.7 Å². The predicted molar refractivity (Wildman–Crippen MR) is 130 cm³/mol. The fourth-order valence-corrected chi connectivity index (χ4v) is 4.46. The molecule has 0 bridgehead atoms. The van der Waals surface area contributed by atoms with Crippen molar-refractivity contribution in [3.8, 4) is 23.0 Å². The molecule has 0 fully saturated rings. The molecule has 12 heteroatoms. The molecular weight excluding hydrogens is 518 g/mol.